The van der Waals surface area contributed by atoms with Crippen LogP contribution < -0.4 is 5.73 Å². The highest BCUT2D eigenvalue weighted by Crippen LogP contribution is 2.28. The fourth-order valence-corrected chi connectivity index (χ4v) is 3.34. The summed E-state index contributed by atoms with van der Waals surface area (Å²) in [7, 11) is 0. The van der Waals surface area contributed by atoms with Gasteiger partial charge >= 0.3 is 0 Å². The number of halogens is 1. The Balaban J connectivity index is 1.46. The second-order valence-corrected chi connectivity index (χ2v) is 6.59. The number of hydrogen-bond acceptors (Lipinski definition) is 6. The zero-order chi connectivity index (χ0) is 17.9. The van der Waals surface area contributed by atoms with Crippen molar-refractivity contribution in [2.24, 2.45) is 0 Å². The summed E-state index contributed by atoms with van der Waals surface area (Å²) in [5.41, 5.74) is 7.74. The molecule has 2 N–H and O–H groups in total. The van der Waals surface area contributed by atoms with Gasteiger partial charge in [-0.05, 0) is 49.7 Å². The van der Waals surface area contributed by atoms with Gasteiger partial charge in [0.15, 0.2) is 0 Å². The van der Waals surface area contributed by atoms with Gasteiger partial charge in [0.25, 0.3) is 0 Å². The summed E-state index contributed by atoms with van der Waals surface area (Å²) in [4.78, 5) is 11.0. The third-order valence-electron chi connectivity index (χ3n) is 4.72. The lowest BCUT2D eigenvalue weighted by Gasteiger charge is -2.31. The number of hydrogen-bond donors (Lipinski definition) is 1. The Kier molecular flexibility index (Phi) is 4.62. The van der Waals surface area contributed by atoms with E-state index >= 15 is 0 Å². The third kappa shape index (κ3) is 3.57. The monoisotopic (exact) mass is 353 g/mol. The zero-order valence-corrected chi connectivity index (χ0v) is 14.3. The van der Waals surface area contributed by atoms with Gasteiger partial charge in [-0.15, -0.1) is 0 Å². The zero-order valence-electron chi connectivity index (χ0n) is 14.3. The molecule has 3 heterocycles. The number of rotatable bonds is 4. The van der Waals surface area contributed by atoms with Crippen LogP contribution in [0.1, 0.15) is 30.2 Å². The van der Waals surface area contributed by atoms with Gasteiger partial charge in [-0.1, -0.05) is 11.2 Å². The summed E-state index contributed by atoms with van der Waals surface area (Å²) < 4.78 is 18.6. The third-order valence-corrected chi connectivity index (χ3v) is 4.72. The Morgan fingerprint density at radius 2 is 2.08 bits per heavy atom. The van der Waals surface area contributed by atoms with Crippen molar-refractivity contribution in [1.29, 1.82) is 0 Å². The largest absolute Gasteiger partial charge is 0.383 e. The number of nitrogen functional groups attached to an aromatic ring is 1. The molecule has 7 heteroatoms. The van der Waals surface area contributed by atoms with Crippen molar-refractivity contribution in [2.45, 2.75) is 25.3 Å². The molecule has 134 valence electrons. The van der Waals surface area contributed by atoms with Crippen molar-refractivity contribution in [3.8, 4) is 11.4 Å². The number of benzene rings is 1. The summed E-state index contributed by atoms with van der Waals surface area (Å²) in [5.74, 6) is 1.60. The van der Waals surface area contributed by atoms with Crippen LogP contribution in [-0.2, 0) is 6.54 Å². The van der Waals surface area contributed by atoms with E-state index in [4.69, 9.17) is 10.3 Å². The highest BCUT2D eigenvalue weighted by Gasteiger charge is 2.26. The van der Waals surface area contributed by atoms with Crippen LogP contribution in [0.3, 0.4) is 0 Å². The molecule has 0 bridgehead atoms. The Hall–Kier alpha value is -2.80. The van der Waals surface area contributed by atoms with Crippen LogP contribution in [0, 0.1) is 5.82 Å². The Morgan fingerprint density at radius 1 is 1.23 bits per heavy atom. The second-order valence-electron chi connectivity index (χ2n) is 6.59. The maximum atomic E-state index is 13.1. The summed E-state index contributed by atoms with van der Waals surface area (Å²) in [6, 6.07) is 10.0. The number of piperidine rings is 1. The lowest BCUT2D eigenvalue weighted by molar-refractivity contribution is 0.180. The molecule has 1 aromatic carbocycles. The van der Waals surface area contributed by atoms with Gasteiger partial charge in [-0.3, -0.25) is 4.90 Å². The van der Waals surface area contributed by atoms with E-state index in [1.54, 1.807) is 18.3 Å². The fraction of sp³-hybridized carbons (Fsp3) is 0.316. The number of nitrogens with zero attached hydrogens (tertiary/aromatic N) is 4. The van der Waals surface area contributed by atoms with Crippen LogP contribution in [0.4, 0.5) is 10.2 Å². The normalized spacial score (nSPS) is 18.1. The van der Waals surface area contributed by atoms with Crippen molar-refractivity contribution in [3.05, 3.63) is 59.9 Å². The van der Waals surface area contributed by atoms with E-state index in [0.717, 1.165) is 43.6 Å². The first-order chi connectivity index (χ1) is 12.7. The van der Waals surface area contributed by atoms with Crippen molar-refractivity contribution >= 4 is 5.82 Å². The van der Waals surface area contributed by atoms with Crippen LogP contribution in [0.2, 0.25) is 0 Å². The SMILES string of the molecule is Nc1ncccc1CN1CCCC(c2nc(-c3ccc(F)cc3)no2)C1. The summed E-state index contributed by atoms with van der Waals surface area (Å²) in [6.07, 6.45) is 3.76. The maximum Gasteiger partial charge on any atom is 0.231 e. The van der Waals surface area contributed by atoms with Gasteiger partial charge in [0, 0.05) is 30.4 Å². The van der Waals surface area contributed by atoms with Gasteiger partial charge < -0.3 is 10.3 Å². The molecule has 1 aliphatic rings. The van der Waals surface area contributed by atoms with Gasteiger partial charge in [0.2, 0.25) is 11.7 Å². The minimum absolute atomic E-state index is 0.184. The quantitative estimate of drug-likeness (QED) is 0.775. The minimum Gasteiger partial charge on any atom is -0.383 e. The lowest BCUT2D eigenvalue weighted by atomic mass is 9.97. The molecule has 1 fully saturated rings. The average Bonchev–Trinajstić information content (AvgIpc) is 3.15. The first-order valence-electron chi connectivity index (χ1n) is 8.70. The summed E-state index contributed by atoms with van der Waals surface area (Å²) >= 11 is 0. The molecule has 0 aliphatic carbocycles. The number of likely N-dealkylation sites (tertiary alicyclic amines) is 1. The molecular weight excluding hydrogens is 333 g/mol. The van der Waals surface area contributed by atoms with Crippen LogP contribution in [0.15, 0.2) is 47.1 Å². The summed E-state index contributed by atoms with van der Waals surface area (Å²) in [6.45, 7) is 2.60. The van der Waals surface area contributed by atoms with E-state index in [2.05, 4.69) is 20.0 Å². The molecule has 0 amide bonds. The molecule has 0 saturated carbocycles. The van der Waals surface area contributed by atoms with Gasteiger partial charge in [0.05, 0.1) is 5.92 Å². The number of nitrogens with two attached hydrogens (primary N) is 1. The maximum absolute atomic E-state index is 13.1. The van der Waals surface area contributed by atoms with Crippen molar-refractivity contribution in [3.63, 3.8) is 0 Å². The number of aromatic nitrogens is 3. The number of anilines is 1. The molecule has 6 nitrogen and oxygen atoms in total. The van der Waals surface area contributed by atoms with E-state index in [1.807, 2.05) is 12.1 Å². The molecule has 0 spiro atoms. The van der Waals surface area contributed by atoms with Crippen LogP contribution in [-0.4, -0.2) is 33.1 Å². The number of pyridine rings is 1. The van der Waals surface area contributed by atoms with Crippen molar-refractivity contribution < 1.29 is 8.91 Å². The van der Waals surface area contributed by atoms with Crippen molar-refractivity contribution in [2.75, 3.05) is 18.8 Å². The van der Waals surface area contributed by atoms with E-state index in [9.17, 15) is 4.39 Å². The smallest absolute Gasteiger partial charge is 0.231 e. The van der Waals surface area contributed by atoms with Crippen LogP contribution >= 0.6 is 0 Å². The Morgan fingerprint density at radius 3 is 2.88 bits per heavy atom. The highest BCUT2D eigenvalue weighted by molar-refractivity contribution is 5.53. The van der Waals surface area contributed by atoms with Gasteiger partial charge in [-0.2, -0.15) is 4.98 Å². The van der Waals surface area contributed by atoms with E-state index in [-0.39, 0.29) is 11.7 Å². The molecule has 1 atom stereocenters. The predicted molar refractivity (Wildman–Crippen MR) is 95.6 cm³/mol. The van der Waals surface area contributed by atoms with Gasteiger partial charge in [-0.25, -0.2) is 9.37 Å². The van der Waals surface area contributed by atoms with E-state index in [0.29, 0.717) is 17.5 Å². The Labute approximate surface area is 150 Å². The van der Waals surface area contributed by atoms with Crippen LogP contribution in [0.5, 0.6) is 0 Å². The first-order valence-corrected chi connectivity index (χ1v) is 8.70. The van der Waals surface area contributed by atoms with Crippen molar-refractivity contribution in [1.82, 2.24) is 20.0 Å². The van der Waals surface area contributed by atoms with E-state index in [1.165, 1.54) is 12.1 Å². The highest BCUT2D eigenvalue weighted by atomic mass is 19.1. The molecular formula is C19H20FN5O. The second kappa shape index (κ2) is 7.21. The standard InChI is InChI=1S/C19H20FN5O/c20-16-7-5-13(6-8-16)18-23-19(26-24-18)15-4-2-10-25(12-15)11-14-3-1-9-22-17(14)21/h1,3,5-9,15H,2,4,10-12H2,(H2,21,22). The molecule has 1 unspecified atom stereocenters. The first kappa shape index (κ1) is 16.7. The molecule has 1 aliphatic heterocycles. The molecule has 1 saturated heterocycles. The van der Waals surface area contributed by atoms with Crippen LogP contribution in [0.25, 0.3) is 11.4 Å². The topological polar surface area (TPSA) is 81.1 Å². The van der Waals surface area contributed by atoms with E-state index < -0.39 is 0 Å². The fourth-order valence-electron chi connectivity index (χ4n) is 3.34. The summed E-state index contributed by atoms with van der Waals surface area (Å²) in [5, 5.41) is 4.06. The minimum atomic E-state index is -0.282. The molecule has 4 rings (SSSR count). The molecule has 2 aromatic heterocycles. The predicted octanol–water partition coefficient (Wildman–Crippen LogP) is 3.23. The molecule has 0 radical (unpaired) electrons. The Bertz CT molecular complexity index is 880. The lowest BCUT2D eigenvalue weighted by Crippen LogP contribution is -2.34. The average molecular weight is 353 g/mol. The molecule has 26 heavy (non-hydrogen) atoms. The van der Waals surface area contributed by atoms with Gasteiger partial charge in [0.1, 0.15) is 11.6 Å². The molecule has 3 aromatic rings.